The molecule has 5 nitrogen and oxygen atoms in total. The van der Waals surface area contributed by atoms with Crippen LogP contribution in [0.3, 0.4) is 0 Å². The lowest BCUT2D eigenvalue weighted by molar-refractivity contribution is 0.0980. The Bertz CT molecular complexity index is 1120. The van der Waals surface area contributed by atoms with Crippen molar-refractivity contribution in [2.24, 2.45) is 7.05 Å². The van der Waals surface area contributed by atoms with Gasteiger partial charge < -0.3 is 4.74 Å². The van der Waals surface area contributed by atoms with Gasteiger partial charge in [-0.1, -0.05) is 19.1 Å². The Kier molecular flexibility index (Phi) is 5.98. The summed E-state index contributed by atoms with van der Waals surface area (Å²) >= 11 is 0. The van der Waals surface area contributed by atoms with Gasteiger partial charge in [0.1, 0.15) is 11.6 Å². The van der Waals surface area contributed by atoms with Crippen LogP contribution >= 0.6 is 0 Å². The molecule has 0 fully saturated rings. The van der Waals surface area contributed by atoms with E-state index < -0.39 is 0 Å². The summed E-state index contributed by atoms with van der Waals surface area (Å²) in [5.74, 6) is 0.0557. The number of hydrogen-bond donors (Lipinski definition) is 0. The highest BCUT2D eigenvalue weighted by atomic mass is 19.1. The number of Topliss-reactive ketones (excluding diaryl/α,β-unsaturated/α-hetero) is 2. The first-order chi connectivity index (χ1) is 15.0. The molecular formula is C25H25FN2O3. The molecule has 0 amide bonds. The molecule has 0 unspecified atom stereocenters. The van der Waals surface area contributed by atoms with Gasteiger partial charge in [-0.15, -0.1) is 0 Å². The molecule has 0 bridgehead atoms. The van der Waals surface area contributed by atoms with Crippen LogP contribution in [0, 0.1) is 5.82 Å². The molecule has 1 aliphatic heterocycles. The number of nitrogens with zero attached hydrogens (tertiary/aromatic N) is 2. The van der Waals surface area contributed by atoms with Crippen LogP contribution in [-0.2, 0) is 13.5 Å². The van der Waals surface area contributed by atoms with Crippen LogP contribution in [-0.4, -0.2) is 28.0 Å². The SMILES string of the molecule is CCC(=O)c1cc(C(=O)CCCc2cnn(C)c2)cc2c1OC[C@H]2c1ccc(F)cc1. The van der Waals surface area contributed by atoms with Gasteiger partial charge in [0.25, 0.3) is 0 Å². The lowest BCUT2D eigenvalue weighted by atomic mass is 9.88. The monoisotopic (exact) mass is 420 g/mol. The summed E-state index contributed by atoms with van der Waals surface area (Å²) in [6, 6.07) is 9.79. The van der Waals surface area contributed by atoms with E-state index in [9.17, 15) is 14.0 Å². The fourth-order valence-corrected chi connectivity index (χ4v) is 4.06. The number of aromatic nitrogens is 2. The van der Waals surface area contributed by atoms with E-state index in [4.69, 9.17) is 4.74 Å². The number of rotatable bonds is 8. The summed E-state index contributed by atoms with van der Waals surface area (Å²) in [5.41, 5.74) is 3.80. The Labute approximate surface area is 180 Å². The summed E-state index contributed by atoms with van der Waals surface area (Å²) in [7, 11) is 1.87. The van der Waals surface area contributed by atoms with Crippen molar-refractivity contribution in [3.8, 4) is 5.75 Å². The van der Waals surface area contributed by atoms with Gasteiger partial charge in [0.05, 0.1) is 18.4 Å². The summed E-state index contributed by atoms with van der Waals surface area (Å²) in [6.07, 6.45) is 5.94. The van der Waals surface area contributed by atoms with Crippen molar-refractivity contribution in [2.45, 2.75) is 38.5 Å². The van der Waals surface area contributed by atoms with Crippen LogP contribution in [0.2, 0.25) is 0 Å². The summed E-state index contributed by atoms with van der Waals surface area (Å²) < 4.78 is 21.0. The topological polar surface area (TPSA) is 61.2 Å². The largest absolute Gasteiger partial charge is 0.492 e. The molecule has 160 valence electrons. The number of hydrogen-bond acceptors (Lipinski definition) is 4. The average Bonchev–Trinajstić information content (AvgIpc) is 3.39. The molecule has 1 aromatic heterocycles. The van der Waals surface area contributed by atoms with Crippen molar-refractivity contribution in [2.75, 3.05) is 6.61 Å². The Morgan fingerprint density at radius 1 is 1.19 bits per heavy atom. The van der Waals surface area contributed by atoms with Gasteiger partial charge in [-0.25, -0.2) is 4.39 Å². The van der Waals surface area contributed by atoms with E-state index in [-0.39, 0.29) is 23.3 Å². The second-order valence-corrected chi connectivity index (χ2v) is 7.93. The van der Waals surface area contributed by atoms with Gasteiger partial charge in [0, 0.05) is 43.1 Å². The average molecular weight is 420 g/mol. The minimum absolute atomic E-state index is 0.00148. The van der Waals surface area contributed by atoms with E-state index in [2.05, 4.69) is 5.10 Å². The highest BCUT2D eigenvalue weighted by molar-refractivity contribution is 6.04. The number of ketones is 2. The predicted molar refractivity (Wildman–Crippen MR) is 115 cm³/mol. The van der Waals surface area contributed by atoms with Gasteiger partial charge in [0.2, 0.25) is 0 Å². The maximum atomic E-state index is 13.4. The zero-order valence-electron chi connectivity index (χ0n) is 17.7. The zero-order valence-corrected chi connectivity index (χ0v) is 17.7. The molecule has 1 aliphatic rings. The van der Waals surface area contributed by atoms with E-state index in [1.807, 2.05) is 25.5 Å². The first kappa shape index (κ1) is 21.0. The zero-order chi connectivity index (χ0) is 22.0. The van der Waals surface area contributed by atoms with Crippen molar-refractivity contribution in [1.29, 1.82) is 0 Å². The third kappa shape index (κ3) is 4.43. The highest BCUT2D eigenvalue weighted by Crippen LogP contribution is 2.42. The van der Waals surface area contributed by atoms with E-state index in [0.717, 1.165) is 23.1 Å². The van der Waals surface area contributed by atoms with Gasteiger partial charge in [0.15, 0.2) is 11.6 Å². The molecule has 0 saturated carbocycles. The molecule has 31 heavy (non-hydrogen) atoms. The Morgan fingerprint density at radius 3 is 2.65 bits per heavy atom. The van der Waals surface area contributed by atoms with E-state index in [0.29, 0.717) is 42.7 Å². The standard InChI is InChI=1S/C25H25FN2O3/c1-3-23(29)21-12-18(24(30)6-4-5-16-13-27-28(2)14-16)11-20-22(15-31-25(20)21)17-7-9-19(26)10-8-17/h7-14,22H,3-6,15H2,1-2H3/t22-/m0/s1. The third-order valence-corrected chi connectivity index (χ3v) is 5.73. The van der Waals surface area contributed by atoms with E-state index >= 15 is 0 Å². The van der Waals surface area contributed by atoms with E-state index in [1.165, 1.54) is 12.1 Å². The molecule has 2 heterocycles. The molecule has 0 N–H and O–H groups in total. The number of benzene rings is 2. The molecule has 0 saturated heterocycles. The lowest BCUT2D eigenvalue weighted by Gasteiger charge is -2.12. The number of halogens is 1. The van der Waals surface area contributed by atoms with Crippen molar-refractivity contribution in [3.05, 3.63) is 82.4 Å². The van der Waals surface area contributed by atoms with Gasteiger partial charge in [-0.05, 0) is 48.2 Å². The maximum Gasteiger partial charge on any atom is 0.166 e. The number of ether oxygens (including phenoxy) is 1. The van der Waals surface area contributed by atoms with Crippen LogP contribution < -0.4 is 4.74 Å². The minimum Gasteiger partial charge on any atom is -0.492 e. The second kappa shape index (κ2) is 8.84. The van der Waals surface area contributed by atoms with Crippen molar-refractivity contribution in [3.63, 3.8) is 0 Å². The second-order valence-electron chi connectivity index (χ2n) is 7.93. The predicted octanol–water partition coefficient (Wildman–Crippen LogP) is 4.88. The summed E-state index contributed by atoms with van der Waals surface area (Å²) in [5, 5.41) is 4.15. The van der Waals surface area contributed by atoms with E-state index in [1.54, 1.807) is 29.8 Å². The minimum atomic E-state index is -0.303. The first-order valence-corrected chi connectivity index (χ1v) is 10.6. The fraction of sp³-hybridized carbons (Fsp3) is 0.320. The first-order valence-electron chi connectivity index (χ1n) is 10.6. The van der Waals surface area contributed by atoms with Crippen molar-refractivity contribution >= 4 is 11.6 Å². The third-order valence-electron chi connectivity index (χ3n) is 5.73. The van der Waals surface area contributed by atoms with Crippen LogP contribution in [0.4, 0.5) is 4.39 Å². The number of carbonyl (C=O) groups is 2. The maximum absolute atomic E-state index is 13.4. The molecule has 0 radical (unpaired) electrons. The normalized spacial score (nSPS) is 14.9. The molecule has 0 spiro atoms. The Balaban J connectivity index is 1.60. The molecule has 4 rings (SSSR count). The van der Waals surface area contributed by atoms with Crippen LogP contribution in [0.15, 0.2) is 48.8 Å². The number of fused-ring (bicyclic) bond motifs is 1. The van der Waals surface area contributed by atoms with Gasteiger partial charge >= 0.3 is 0 Å². The van der Waals surface area contributed by atoms with Crippen molar-refractivity contribution < 1.29 is 18.7 Å². The molecule has 0 aliphatic carbocycles. The van der Waals surface area contributed by atoms with Crippen LogP contribution in [0.1, 0.15) is 69.5 Å². The molecule has 6 heteroatoms. The number of aryl methyl sites for hydroxylation is 2. The molecular weight excluding hydrogens is 395 g/mol. The Hall–Kier alpha value is -3.28. The lowest BCUT2D eigenvalue weighted by Crippen LogP contribution is -2.07. The number of carbonyl (C=O) groups excluding carboxylic acids is 2. The summed E-state index contributed by atoms with van der Waals surface area (Å²) in [6.45, 7) is 2.16. The fourth-order valence-electron chi connectivity index (χ4n) is 4.06. The highest BCUT2D eigenvalue weighted by Gasteiger charge is 2.31. The van der Waals surface area contributed by atoms with Gasteiger partial charge in [-0.2, -0.15) is 5.10 Å². The smallest absolute Gasteiger partial charge is 0.166 e. The quantitative estimate of drug-likeness (QED) is 0.487. The summed E-state index contributed by atoms with van der Waals surface area (Å²) in [4.78, 5) is 25.6. The van der Waals surface area contributed by atoms with Crippen LogP contribution in [0.25, 0.3) is 0 Å². The van der Waals surface area contributed by atoms with Gasteiger partial charge in [-0.3, -0.25) is 14.3 Å². The van der Waals surface area contributed by atoms with Crippen molar-refractivity contribution in [1.82, 2.24) is 9.78 Å². The Morgan fingerprint density at radius 2 is 1.97 bits per heavy atom. The van der Waals surface area contributed by atoms with Crippen LogP contribution in [0.5, 0.6) is 5.75 Å². The molecule has 2 aromatic carbocycles. The molecule has 1 atom stereocenters. The molecule has 3 aromatic rings.